The van der Waals surface area contributed by atoms with Crippen LogP contribution in [0.1, 0.15) is 32.3 Å². The van der Waals surface area contributed by atoms with E-state index in [1.54, 1.807) is 12.0 Å². The number of hydrogen-bond acceptors (Lipinski definition) is 3. The Morgan fingerprint density at radius 2 is 1.96 bits per heavy atom. The summed E-state index contributed by atoms with van der Waals surface area (Å²) in [5.74, 6) is 1.63. The van der Waals surface area contributed by atoms with Crippen LogP contribution in [0.3, 0.4) is 0 Å². The van der Waals surface area contributed by atoms with Crippen LogP contribution in [-0.2, 0) is 11.2 Å². The zero-order valence-electron chi connectivity index (χ0n) is 15.3. The first-order valence-electron chi connectivity index (χ1n) is 9.02. The molecular weight excluding hydrogens is 302 g/mol. The van der Waals surface area contributed by atoms with E-state index in [4.69, 9.17) is 14.2 Å². The van der Waals surface area contributed by atoms with Crippen LogP contribution < -0.4 is 14.4 Å². The van der Waals surface area contributed by atoms with E-state index >= 15 is 0 Å². The average Bonchev–Trinajstić information content (AvgIpc) is 2.55. The van der Waals surface area contributed by atoms with E-state index in [1.165, 1.54) is 18.5 Å². The van der Waals surface area contributed by atoms with Gasteiger partial charge in [0.2, 0.25) is 0 Å². The molecule has 134 valence electrons. The van der Waals surface area contributed by atoms with E-state index in [-0.39, 0.29) is 0 Å². The van der Waals surface area contributed by atoms with Gasteiger partial charge in [0.25, 0.3) is 0 Å². The minimum absolute atomic E-state index is 0.373. The SMILES string of the molecule is C=CCc1ccc(OCCCC[NH+]2C[C@@H](C)O[C@H](C)C2)c(OC)c1. The fraction of sp³-hybridized carbons (Fsp3) is 0.600. The van der Waals surface area contributed by atoms with Crippen molar-refractivity contribution in [3.05, 3.63) is 36.4 Å². The van der Waals surface area contributed by atoms with Gasteiger partial charge in [0.05, 0.1) is 20.3 Å². The van der Waals surface area contributed by atoms with Gasteiger partial charge in [-0.15, -0.1) is 6.58 Å². The third-order valence-electron chi connectivity index (χ3n) is 4.41. The highest BCUT2D eigenvalue weighted by molar-refractivity contribution is 5.43. The molecule has 0 spiro atoms. The van der Waals surface area contributed by atoms with Crippen molar-refractivity contribution in [2.75, 3.05) is 33.4 Å². The van der Waals surface area contributed by atoms with Crippen LogP contribution in [0.2, 0.25) is 0 Å². The molecule has 1 aliphatic heterocycles. The summed E-state index contributed by atoms with van der Waals surface area (Å²) < 4.78 is 17.1. The fourth-order valence-corrected chi connectivity index (χ4v) is 3.38. The van der Waals surface area contributed by atoms with Crippen LogP contribution in [0.4, 0.5) is 0 Å². The highest BCUT2D eigenvalue weighted by atomic mass is 16.5. The summed E-state index contributed by atoms with van der Waals surface area (Å²) in [5, 5.41) is 0. The summed E-state index contributed by atoms with van der Waals surface area (Å²) in [5.41, 5.74) is 1.19. The highest BCUT2D eigenvalue weighted by Crippen LogP contribution is 2.28. The standard InChI is InChI=1S/C20H31NO3/c1-5-8-18-9-10-19(20(13-18)22-4)23-12-7-6-11-21-14-16(2)24-17(3)15-21/h5,9-10,13,16-17H,1,6-8,11-12,14-15H2,2-4H3/p+1/t16-,17-/m1/s1. The predicted octanol–water partition coefficient (Wildman–Crippen LogP) is 2.27. The summed E-state index contributed by atoms with van der Waals surface area (Å²) in [6.07, 6.45) is 5.72. The van der Waals surface area contributed by atoms with Gasteiger partial charge < -0.3 is 19.1 Å². The van der Waals surface area contributed by atoms with Gasteiger partial charge in [0.15, 0.2) is 11.5 Å². The summed E-state index contributed by atoms with van der Waals surface area (Å²) in [7, 11) is 1.68. The normalized spacial score (nSPS) is 23.7. The number of benzene rings is 1. The number of hydrogen-bond donors (Lipinski definition) is 1. The van der Waals surface area contributed by atoms with E-state index in [1.807, 2.05) is 18.2 Å². The minimum Gasteiger partial charge on any atom is -0.493 e. The quantitative estimate of drug-likeness (QED) is 0.555. The van der Waals surface area contributed by atoms with Crippen molar-refractivity contribution in [2.45, 2.75) is 45.3 Å². The van der Waals surface area contributed by atoms with Gasteiger partial charge in [-0.25, -0.2) is 0 Å². The second-order valence-corrected chi connectivity index (χ2v) is 6.70. The number of methoxy groups -OCH3 is 1. The number of rotatable bonds is 9. The average molecular weight is 334 g/mol. The molecule has 0 unspecified atom stereocenters. The first kappa shape index (κ1) is 18.8. The monoisotopic (exact) mass is 334 g/mol. The Morgan fingerprint density at radius 3 is 2.62 bits per heavy atom. The third kappa shape index (κ3) is 5.84. The molecule has 0 aromatic heterocycles. The molecule has 1 heterocycles. The number of ether oxygens (including phenoxy) is 3. The van der Waals surface area contributed by atoms with E-state index < -0.39 is 0 Å². The molecule has 2 rings (SSSR count). The van der Waals surface area contributed by atoms with E-state index in [2.05, 4.69) is 26.5 Å². The molecule has 24 heavy (non-hydrogen) atoms. The summed E-state index contributed by atoms with van der Waals surface area (Å²) >= 11 is 0. The van der Waals surface area contributed by atoms with E-state index in [0.29, 0.717) is 12.2 Å². The van der Waals surface area contributed by atoms with Crippen molar-refractivity contribution in [3.63, 3.8) is 0 Å². The Balaban J connectivity index is 1.71. The lowest BCUT2D eigenvalue weighted by Crippen LogP contribution is -3.15. The van der Waals surface area contributed by atoms with Crippen molar-refractivity contribution in [1.29, 1.82) is 0 Å². The molecule has 1 saturated heterocycles. The minimum atomic E-state index is 0.373. The maximum Gasteiger partial charge on any atom is 0.161 e. The third-order valence-corrected chi connectivity index (χ3v) is 4.41. The molecule has 4 nitrogen and oxygen atoms in total. The first-order valence-corrected chi connectivity index (χ1v) is 9.02. The second-order valence-electron chi connectivity index (χ2n) is 6.70. The molecule has 2 atom stereocenters. The molecule has 0 radical (unpaired) electrons. The van der Waals surface area contributed by atoms with Crippen molar-refractivity contribution < 1.29 is 19.1 Å². The largest absolute Gasteiger partial charge is 0.493 e. The molecule has 1 aromatic carbocycles. The summed E-state index contributed by atoms with van der Waals surface area (Å²) in [6, 6.07) is 6.09. The van der Waals surface area contributed by atoms with Crippen LogP contribution in [0, 0.1) is 0 Å². The van der Waals surface area contributed by atoms with Crippen molar-refractivity contribution >= 4 is 0 Å². The van der Waals surface area contributed by atoms with Crippen LogP contribution in [0.25, 0.3) is 0 Å². The van der Waals surface area contributed by atoms with E-state index in [0.717, 1.165) is 44.0 Å². The number of morpholine rings is 1. The van der Waals surface area contributed by atoms with Crippen LogP contribution in [0.5, 0.6) is 11.5 Å². The Kier molecular flexibility index (Phi) is 7.60. The van der Waals surface area contributed by atoms with Gasteiger partial charge in [0, 0.05) is 0 Å². The zero-order chi connectivity index (χ0) is 17.4. The zero-order valence-corrected chi connectivity index (χ0v) is 15.3. The van der Waals surface area contributed by atoms with E-state index in [9.17, 15) is 0 Å². The molecule has 1 N–H and O–H groups in total. The van der Waals surface area contributed by atoms with Crippen molar-refractivity contribution in [1.82, 2.24) is 0 Å². The van der Waals surface area contributed by atoms with Crippen molar-refractivity contribution in [2.24, 2.45) is 0 Å². The van der Waals surface area contributed by atoms with Crippen LogP contribution >= 0.6 is 0 Å². The van der Waals surface area contributed by atoms with Gasteiger partial charge in [0.1, 0.15) is 25.3 Å². The molecule has 0 aliphatic carbocycles. The van der Waals surface area contributed by atoms with Crippen LogP contribution in [-0.4, -0.2) is 45.6 Å². The molecular formula is C20H32NO3+. The lowest BCUT2D eigenvalue weighted by molar-refractivity contribution is -0.915. The van der Waals surface area contributed by atoms with Gasteiger partial charge in [-0.05, 0) is 50.8 Å². The smallest absolute Gasteiger partial charge is 0.161 e. The lowest BCUT2D eigenvalue weighted by atomic mass is 10.1. The summed E-state index contributed by atoms with van der Waals surface area (Å²) in [4.78, 5) is 1.65. The number of unbranched alkanes of at least 4 members (excludes halogenated alkanes) is 1. The Hall–Kier alpha value is -1.52. The molecule has 0 amide bonds. The number of quaternary nitrogens is 1. The van der Waals surface area contributed by atoms with Crippen LogP contribution in [0.15, 0.2) is 30.9 Å². The lowest BCUT2D eigenvalue weighted by Gasteiger charge is -2.32. The maximum atomic E-state index is 5.91. The number of allylic oxidation sites excluding steroid dienone is 1. The van der Waals surface area contributed by atoms with Crippen molar-refractivity contribution in [3.8, 4) is 11.5 Å². The van der Waals surface area contributed by atoms with Gasteiger partial charge in [-0.2, -0.15) is 0 Å². The molecule has 1 aliphatic rings. The highest BCUT2D eigenvalue weighted by Gasteiger charge is 2.24. The molecule has 1 aromatic rings. The predicted molar refractivity (Wildman–Crippen MR) is 97.2 cm³/mol. The first-order chi connectivity index (χ1) is 11.6. The molecule has 0 saturated carbocycles. The fourth-order valence-electron chi connectivity index (χ4n) is 3.38. The Labute approximate surface area is 146 Å². The topological polar surface area (TPSA) is 32.1 Å². The molecule has 0 bridgehead atoms. The Morgan fingerprint density at radius 1 is 1.21 bits per heavy atom. The van der Waals surface area contributed by atoms with Gasteiger partial charge in [-0.1, -0.05) is 12.1 Å². The summed E-state index contributed by atoms with van der Waals surface area (Å²) in [6.45, 7) is 12.3. The number of nitrogens with one attached hydrogen (secondary N) is 1. The maximum absolute atomic E-state index is 5.91. The van der Waals surface area contributed by atoms with Gasteiger partial charge >= 0.3 is 0 Å². The second kappa shape index (κ2) is 9.70. The molecule has 4 heteroatoms. The Bertz CT molecular complexity index is 508. The van der Waals surface area contributed by atoms with Gasteiger partial charge in [-0.3, -0.25) is 0 Å². The molecule has 1 fully saturated rings.